The number of aryl methyl sites for hydroxylation is 1. The highest BCUT2D eigenvalue weighted by atomic mass is 79.9. The minimum absolute atomic E-state index is 0.302. The maximum absolute atomic E-state index is 12.3. The van der Waals surface area contributed by atoms with Gasteiger partial charge in [-0.1, -0.05) is 41.1 Å². The molecule has 2 amide bonds. The predicted octanol–water partition coefficient (Wildman–Crippen LogP) is 5.91. The predicted molar refractivity (Wildman–Crippen MR) is 123 cm³/mol. The number of nitrogens with zero attached hydrogens (tertiary/aromatic N) is 2. The van der Waals surface area contributed by atoms with Crippen molar-refractivity contribution in [3.63, 3.8) is 0 Å². The first kappa shape index (κ1) is 19.4. The Morgan fingerprint density at radius 1 is 1.10 bits per heavy atom. The van der Waals surface area contributed by atoms with Gasteiger partial charge in [0.25, 0.3) is 0 Å². The van der Waals surface area contributed by atoms with E-state index in [4.69, 9.17) is 5.73 Å². The summed E-state index contributed by atoms with van der Waals surface area (Å²) >= 11 is 5.03. The van der Waals surface area contributed by atoms with Gasteiger partial charge in [0, 0.05) is 26.3 Å². The van der Waals surface area contributed by atoms with Crippen LogP contribution in [0.25, 0.3) is 21.3 Å². The van der Waals surface area contributed by atoms with Gasteiger partial charge in [0.1, 0.15) is 17.0 Å². The molecule has 0 bridgehead atoms. The lowest BCUT2D eigenvalue weighted by atomic mass is 10.0. The van der Waals surface area contributed by atoms with Gasteiger partial charge < -0.3 is 16.4 Å². The molecule has 0 radical (unpaired) electrons. The average molecular weight is 468 g/mol. The second kappa shape index (κ2) is 8.18. The van der Waals surface area contributed by atoms with Crippen molar-refractivity contribution in [2.24, 2.45) is 0 Å². The third kappa shape index (κ3) is 4.08. The van der Waals surface area contributed by atoms with E-state index in [9.17, 15) is 4.79 Å². The summed E-state index contributed by atoms with van der Waals surface area (Å²) in [7, 11) is 0. The first-order valence-corrected chi connectivity index (χ1v) is 10.6. The van der Waals surface area contributed by atoms with E-state index in [0.29, 0.717) is 17.2 Å². The number of urea groups is 1. The molecular formula is C21H18BrN5OS. The number of carbonyl (C=O) groups excluding carboxylic acids is 1. The summed E-state index contributed by atoms with van der Waals surface area (Å²) in [6.45, 7) is 2.11. The molecule has 0 atom stereocenters. The van der Waals surface area contributed by atoms with Crippen LogP contribution in [0.1, 0.15) is 11.8 Å². The van der Waals surface area contributed by atoms with E-state index in [1.165, 1.54) is 11.2 Å². The summed E-state index contributed by atoms with van der Waals surface area (Å²) in [5.74, 6) is 0.483. The molecule has 0 aliphatic carbocycles. The number of benzene rings is 2. The van der Waals surface area contributed by atoms with Gasteiger partial charge in [0.05, 0.1) is 5.39 Å². The van der Waals surface area contributed by atoms with Crippen molar-refractivity contribution < 1.29 is 4.79 Å². The molecular weight excluding hydrogens is 450 g/mol. The standard InChI is InChI=1S/C21H18BrN5OS/c1-2-16-17(18-19(23)24-11-25-20(18)29-16)12-6-8-14(9-7-12)26-21(28)27-15-5-3-4-13(22)10-15/h3-11H,2H2,1H3,(H2,23,24,25)(H2,26,27,28). The molecule has 0 saturated heterocycles. The number of carbonyl (C=O) groups is 1. The Balaban J connectivity index is 1.57. The van der Waals surface area contributed by atoms with Crippen molar-refractivity contribution in [2.45, 2.75) is 13.3 Å². The fourth-order valence-corrected chi connectivity index (χ4v) is 4.64. The zero-order valence-corrected chi connectivity index (χ0v) is 18.0. The Morgan fingerprint density at radius 2 is 1.86 bits per heavy atom. The van der Waals surface area contributed by atoms with Gasteiger partial charge in [-0.05, 0) is 42.3 Å². The first-order valence-electron chi connectivity index (χ1n) is 9.01. The van der Waals surface area contributed by atoms with Crippen molar-refractivity contribution in [1.29, 1.82) is 0 Å². The number of hydrogen-bond donors (Lipinski definition) is 3. The molecule has 6 nitrogen and oxygen atoms in total. The van der Waals surface area contributed by atoms with Crippen molar-refractivity contribution >= 4 is 60.7 Å². The zero-order valence-electron chi connectivity index (χ0n) is 15.6. The normalized spacial score (nSPS) is 10.8. The first-order chi connectivity index (χ1) is 14.0. The van der Waals surface area contributed by atoms with E-state index in [2.05, 4.69) is 43.5 Å². The van der Waals surface area contributed by atoms with E-state index in [-0.39, 0.29) is 6.03 Å². The molecule has 146 valence electrons. The quantitative estimate of drug-likeness (QED) is 0.347. The van der Waals surface area contributed by atoms with Crippen LogP contribution in [0.15, 0.2) is 59.3 Å². The summed E-state index contributed by atoms with van der Waals surface area (Å²) in [6.07, 6.45) is 2.37. The van der Waals surface area contributed by atoms with Gasteiger partial charge in [-0.3, -0.25) is 0 Å². The van der Waals surface area contributed by atoms with Gasteiger partial charge in [0.2, 0.25) is 0 Å². The number of fused-ring (bicyclic) bond motifs is 1. The molecule has 0 fully saturated rings. The molecule has 4 rings (SSSR count). The lowest BCUT2D eigenvalue weighted by molar-refractivity contribution is 0.262. The Labute approximate surface area is 180 Å². The number of halogens is 1. The lowest BCUT2D eigenvalue weighted by Gasteiger charge is -2.09. The molecule has 2 aromatic carbocycles. The number of amides is 2. The van der Waals surface area contributed by atoms with Crippen molar-refractivity contribution in [2.75, 3.05) is 16.4 Å². The number of rotatable bonds is 4. The Bertz CT molecular complexity index is 1190. The van der Waals surface area contributed by atoms with Gasteiger partial charge in [-0.25, -0.2) is 14.8 Å². The van der Waals surface area contributed by atoms with Crippen molar-refractivity contribution in [3.05, 3.63) is 64.2 Å². The number of nitrogens with one attached hydrogen (secondary N) is 2. The number of anilines is 3. The number of aromatic nitrogens is 2. The summed E-state index contributed by atoms with van der Waals surface area (Å²) in [5, 5.41) is 6.55. The number of hydrogen-bond acceptors (Lipinski definition) is 5. The molecule has 0 aliphatic rings. The van der Waals surface area contributed by atoms with E-state index in [1.54, 1.807) is 11.3 Å². The molecule has 4 aromatic rings. The van der Waals surface area contributed by atoms with Gasteiger partial charge >= 0.3 is 6.03 Å². The van der Waals surface area contributed by atoms with Crippen LogP contribution < -0.4 is 16.4 Å². The Kier molecular flexibility index (Phi) is 5.46. The third-order valence-corrected chi connectivity index (χ3v) is 6.16. The topological polar surface area (TPSA) is 92.9 Å². The van der Waals surface area contributed by atoms with E-state index in [1.807, 2.05) is 48.5 Å². The molecule has 0 saturated carbocycles. The van der Waals surface area contributed by atoms with Crippen LogP contribution in [0, 0.1) is 0 Å². The highest BCUT2D eigenvalue weighted by molar-refractivity contribution is 9.10. The van der Waals surface area contributed by atoms with Gasteiger partial charge in [-0.15, -0.1) is 11.3 Å². The fraction of sp³-hybridized carbons (Fsp3) is 0.0952. The lowest BCUT2D eigenvalue weighted by Crippen LogP contribution is -2.19. The van der Waals surface area contributed by atoms with Crippen LogP contribution in [0.3, 0.4) is 0 Å². The number of thiophene rings is 1. The molecule has 8 heteroatoms. The largest absolute Gasteiger partial charge is 0.383 e. The van der Waals surface area contributed by atoms with Gasteiger partial charge in [-0.2, -0.15) is 0 Å². The Morgan fingerprint density at radius 3 is 2.59 bits per heavy atom. The summed E-state index contributed by atoms with van der Waals surface area (Å²) < 4.78 is 0.901. The maximum Gasteiger partial charge on any atom is 0.323 e. The minimum atomic E-state index is -0.302. The van der Waals surface area contributed by atoms with Crippen LogP contribution in [-0.4, -0.2) is 16.0 Å². The molecule has 29 heavy (non-hydrogen) atoms. The van der Waals surface area contributed by atoms with E-state index in [0.717, 1.165) is 32.2 Å². The SMILES string of the molecule is CCc1sc2ncnc(N)c2c1-c1ccc(NC(=O)Nc2cccc(Br)c2)cc1. The van der Waals surface area contributed by atoms with E-state index >= 15 is 0 Å². The highest BCUT2D eigenvalue weighted by Crippen LogP contribution is 2.40. The highest BCUT2D eigenvalue weighted by Gasteiger charge is 2.17. The van der Waals surface area contributed by atoms with Crippen LogP contribution in [-0.2, 0) is 6.42 Å². The smallest absolute Gasteiger partial charge is 0.323 e. The zero-order chi connectivity index (χ0) is 20.4. The molecule has 0 spiro atoms. The second-order valence-electron chi connectivity index (χ2n) is 6.36. The monoisotopic (exact) mass is 467 g/mol. The third-order valence-electron chi connectivity index (χ3n) is 4.43. The van der Waals surface area contributed by atoms with Gasteiger partial charge in [0.15, 0.2) is 0 Å². The van der Waals surface area contributed by atoms with Crippen LogP contribution in [0.4, 0.5) is 22.0 Å². The molecule has 2 aromatic heterocycles. The molecule has 0 aliphatic heterocycles. The fourth-order valence-electron chi connectivity index (χ4n) is 3.14. The Hall–Kier alpha value is -2.97. The van der Waals surface area contributed by atoms with Crippen LogP contribution >= 0.6 is 27.3 Å². The summed E-state index contributed by atoms with van der Waals surface area (Å²) in [4.78, 5) is 22.9. The molecule has 2 heterocycles. The van der Waals surface area contributed by atoms with E-state index < -0.39 is 0 Å². The number of nitrogens with two attached hydrogens (primary N) is 1. The average Bonchev–Trinajstić information content (AvgIpc) is 3.08. The van der Waals surface area contributed by atoms with Crippen LogP contribution in [0.5, 0.6) is 0 Å². The molecule has 4 N–H and O–H groups in total. The maximum atomic E-state index is 12.3. The van der Waals surface area contributed by atoms with Crippen molar-refractivity contribution in [1.82, 2.24) is 9.97 Å². The minimum Gasteiger partial charge on any atom is -0.383 e. The summed E-state index contributed by atoms with van der Waals surface area (Å²) in [6, 6.07) is 14.8. The summed E-state index contributed by atoms with van der Waals surface area (Å²) in [5.41, 5.74) is 9.62. The molecule has 0 unspecified atom stereocenters. The van der Waals surface area contributed by atoms with Crippen LogP contribution in [0.2, 0.25) is 0 Å². The van der Waals surface area contributed by atoms with Crippen molar-refractivity contribution in [3.8, 4) is 11.1 Å². The number of nitrogen functional groups attached to an aromatic ring is 1. The second-order valence-corrected chi connectivity index (χ2v) is 8.36.